The Labute approximate surface area is 159 Å². The number of rotatable bonds is 6. The van der Waals surface area contributed by atoms with Crippen molar-refractivity contribution in [2.24, 2.45) is 5.92 Å². The van der Waals surface area contributed by atoms with Gasteiger partial charge in [0.25, 0.3) is 5.91 Å². The highest BCUT2D eigenvalue weighted by Crippen LogP contribution is 2.28. The van der Waals surface area contributed by atoms with E-state index in [0.29, 0.717) is 37.1 Å². The zero-order valence-corrected chi connectivity index (χ0v) is 15.2. The average Bonchev–Trinajstić information content (AvgIpc) is 3.30. The highest BCUT2D eigenvalue weighted by Gasteiger charge is 2.34. The van der Waals surface area contributed by atoms with E-state index < -0.39 is 17.8 Å². The molecule has 0 spiro atoms. The van der Waals surface area contributed by atoms with Crippen molar-refractivity contribution in [2.75, 3.05) is 19.8 Å². The molecule has 1 atom stereocenters. The lowest BCUT2D eigenvalue weighted by atomic mass is 10.0. The third-order valence-corrected chi connectivity index (χ3v) is 4.91. The molecule has 1 aliphatic heterocycles. The number of alkyl halides is 3. The molecule has 1 unspecified atom stereocenters. The SMILES string of the molecule is O=C(c1cc(C(F)(F)F)[nH]n1)N(CCC1CCOC1)Cc1ccccc1Cl. The number of aromatic nitrogens is 2. The van der Waals surface area contributed by atoms with Crippen molar-refractivity contribution < 1.29 is 22.7 Å². The van der Waals surface area contributed by atoms with Crippen LogP contribution in [0.3, 0.4) is 0 Å². The van der Waals surface area contributed by atoms with E-state index >= 15 is 0 Å². The fourth-order valence-corrected chi connectivity index (χ4v) is 3.17. The number of aromatic amines is 1. The molecule has 1 saturated heterocycles. The number of benzene rings is 1. The number of halogens is 4. The predicted octanol–water partition coefficient (Wildman–Crippen LogP) is 4.15. The van der Waals surface area contributed by atoms with Crippen LogP contribution in [0.5, 0.6) is 0 Å². The number of ether oxygens (including phenoxy) is 1. The molecule has 0 saturated carbocycles. The Morgan fingerprint density at radius 1 is 1.37 bits per heavy atom. The first-order valence-electron chi connectivity index (χ1n) is 8.57. The molecule has 0 radical (unpaired) electrons. The van der Waals surface area contributed by atoms with Crippen molar-refractivity contribution >= 4 is 17.5 Å². The number of amides is 1. The van der Waals surface area contributed by atoms with Gasteiger partial charge >= 0.3 is 6.18 Å². The van der Waals surface area contributed by atoms with Gasteiger partial charge in [-0.1, -0.05) is 29.8 Å². The topological polar surface area (TPSA) is 58.2 Å². The summed E-state index contributed by atoms with van der Waals surface area (Å²) in [7, 11) is 0. The summed E-state index contributed by atoms with van der Waals surface area (Å²) in [5.41, 5.74) is -0.591. The van der Waals surface area contributed by atoms with E-state index in [1.54, 1.807) is 24.3 Å². The van der Waals surface area contributed by atoms with Gasteiger partial charge in [-0.2, -0.15) is 18.3 Å². The molecule has 1 aromatic carbocycles. The van der Waals surface area contributed by atoms with Gasteiger partial charge in [-0.3, -0.25) is 9.89 Å². The standard InChI is InChI=1S/C18H19ClF3N3O2/c19-14-4-2-1-3-13(14)10-25(7-5-12-6-8-27-11-12)17(26)15-9-16(24-23-15)18(20,21)22/h1-4,9,12H,5-8,10-11H2,(H,23,24). The van der Waals surface area contributed by atoms with Crippen LogP contribution in [0.2, 0.25) is 5.02 Å². The zero-order valence-electron chi connectivity index (χ0n) is 14.4. The van der Waals surface area contributed by atoms with E-state index in [9.17, 15) is 18.0 Å². The van der Waals surface area contributed by atoms with Crippen LogP contribution < -0.4 is 0 Å². The normalized spacial score (nSPS) is 17.3. The second kappa shape index (κ2) is 8.31. The number of carbonyl (C=O) groups is 1. The second-order valence-electron chi connectivity index (χ2n) is 6.50. The van der Waals surface area contributed by atoms with Gasteiger partial charge in [-0.25, -0.2) is 0 Å². The monoisotopic (exact) mass is 401 g/mol. The lowest BCUT2D eigenvalue weighted by molar-refractivity contribution is -0.141. The summed E-state index contributed by atoms with van der Waals surface area (Å²) in [6, 6.07) is 7.80. The van der Waals surface area contributed by atoms with Crippen LogP contribution in [-0.2, 0) is 17.5 Å². The molecule has 1 amide bonds. The minimum atomic E-state index is -4.58. The van der Waals surface area contributed by atoms with Crippen molar-refractivity contribution in [3.05, 3.63) is 52.3 Å². The summed E-state index contributed by atoms with van der Waals surface area (Å²) in [4.78, 5) is 14.3. The summed E-state index contributed by atoms with van der Waals surface area (Å²) >= 11 is 6.18. The molecule has 1 fully saturated rings. The molecular formula is C18H19ClF3N3O2. The highest BCUT2D eigenvalue weighted by molar-refractivity contribution is 6.31. The summed E-state index contributed by atoms with van der Waals surface area (Å²) in [6.07, 6.45) is -2.97. The predicted molar refractivity (Wildman–Crippen MR) is 93.3 cm³/mol. The number of hydrogen-bond donors (Lipinski definition) is 1. The number of nitrogens with one attached hydrogen (secondary N) is 1. The molecule has 1 N–H and O–H groups in total. The van der Waals surface area contributed by atoms with Crippen molar-refractivity contribution in [2.45, 2.75) is 25.6 Å². The lowest BCUT2D eigenvalue weighted by Crippen LogP contribution is -2.33. The molecule has 3 rings (SSSR count). The van der Waals surface area contributed by atoms with Crippen molar-refractivity contribution in [3.8, 4) is 0 Å². The number of hydrogen-bond acceptors (Lipinski definition) is 3. The van der Waals surface area contributed by atoms with E-state index in [0.717, 1.165) is 18.1 Å². The second-order valence-corrected chi connectivity index (χ2v) is 6.91. The van der Waals surface area contributed by atoms with E-state index in [1.807, 2.05) is 5.10 Å². The quantitative estimate of drug-likeness (QED) is 0.791. The fraction of sp³-hybridized carbons (Fsp3) is 0.444. The zero-order chi connectivity index (χ0) is 19.4. The van der Waals surface area contributed by atoms with Crippen LogP contribution in [0.1, 0.15) is 34.6 Å². The Hall–Kier alpha value is -2.06. The Bertz CT molecular complexity index is 788. The van der Waals surface area contributed by atoms with Gasteiger partial charge in [0, 0.05) is 37.4 Å². The Morgan fingerprint density at radius 2 is 2.15 bits per heavy atom. The van der Waals surface area contributed by atoms with E-state index in [2.05, 4.69) is 5.10 Å². The van der Waals surface area contributed by atoms with Crippen molar-refractivity contribution in [1.82, 2.24) is 15.1 Å². The maximum atomic E-state index is 12.8. The van der Waals surface area contributed by atoms with Crippen molar-refractivity contribution in [3.63, 3.8) is 0 Å². The van der Waals surface area contributed by atoms with Gasteiger partial charge < -0.3 is 9.64 Å². The molecular weight excluding hydrogens is 383 g/mol. The smallest absolute Gasteiger partial charge is 0.381 e. The van der Waals surface area contributed by atoms with Gasteiger partial charge in [0.05, 0.1) is 0 Å². The number of H-pyrrole nitrogens is 1. The fourth-order valence-electron chi connectivity index (χ4n) is 2.97. The number of carbonyl (C=O) groups excluding carboxylic acids is 1. The van der Waals surface area contributed by atoms with Gasteiger partial charge in [-0.15, -0.1) is 0 Å². The first-order chi connectivity index (χ1) is 12.8. The first kappa shape index (κ1) is 19.7. The summed E-state index contributed by atoms with van der Waals surface area (Å²) < 4.78 is 43.7. The Kier molecular flexibility index (Phi) is 6.06. The van der Waals surface area contributed by atoms with Gasteiger partial charge in [0.15, 0.2) is 5.69 Å². The van der Waals surface area contributed by atoms with E-state index in [4.69, 9.17) is 16.3 Å². The molecule has 9 heteroatoms. The number of nitrogens with zero attached hydrogens (tertiary/aromatic N) is 2. The molecule has 1 aliphatic rings. The minimum Gasteiger partial charge on any atom is -0.381 e. The molecule has 2 aromatic rings. The Balaban J connectivity index is 1.78. The van der Waals surface area contributed by atoms with Crippen LogP contribution in [0.4, 0.5) is 13.2 Å². The van der Waals surface area contributed by atoms with Crippen LogP contribution in [0, 0.1) is 5.92 Å². The van der Waals surface area contributed by atoms with E-state index in [-0.39, 0.29) is 12.2 Å². The lowest BCUT2D eigenvalue weighted by Gasteiger charge is -2.23. The average molecular weight is 402 g/mol. The minimum absolute atomic E-state index is 0.195. The van der Waals surface area contributed by atoms with Gasteiger partial charge in [-0.05, 0) is 30.4 Å². The molecule has 27 heavy (non-hydrogen) atoms. The van der Waals surface area contributed by atoms with Crippen LogP contribution in [0.15, 0.2) is 30.3 Å². The van der Waals surface area contributed by atoms with Crippen LogP contribution >= 0.6 is 11.6 Å². The van der Waals surface area contributed by atoms with Crippen LogP contribution in [-0.4, -0.2) is 40.8 Å². The molecule has 146 valence electrons. The maximum absolute atomic E-state index is 12.8. The molecule has 2 heterocycles. The van der Waals surface area contributed by atoms with Gasteiger partial charge in [0.1, 0.15) is 5.69 Å². The summed E-state index contributed by atoms with van der Waals surface area (Å²) in [5.74, 6) is -0.239. The molecule has 0 aliphatic carbocycles. The summed E-state index contributed by atoms with van der Waals surface area (Å²) in [6.45, 7) is 1.90. The third-order valence-electron chi connectivity index (χ3n) is 4.54. The maximum Gasteiger partial charge on any atom is 0.432 e. The van der Waals surface area contributed by atoms with E-state index in [1.165, 1.54) is 4.90 Å². The van der Waals surface area contributed by atoms with Crippen LogP contribution in [0.25, 0.3) is 0 Å². The molecule has 5 nitrogen and oxygen atoms in total. The Morgan fingerprint density at radius 3 is 2.78 bits per heavy atom. The van der Waals surface area contributed by atoms with Crippen molar-refractivity contribution in [1.29, 1.82) is 0 Å². The van der Waals surface area contributed by atoms with Gasteiger partial charge in [0.2, 0.25) is 0 Å². The third kappa shape index (κ3) is 5.01. The largest absolute Gasteiger partial charge is 0.432 e. The first-order valence-corrected chi connectivity index (χ1v) is 8.95. The molecule has 1 aromatic heterocycles. The highest BCUT2D eigenvalue weighted by atomic mass is 35.5. The summed E-state index contributed by atoms with van der Waals surface area (Å²) in [5, 5.41) is 5.94. The molecule has 0 bridgehead atoms.